The van der Waals surface area contributed by atoms with Crippen LogP contribution in [0.15, 0.2) is 18.2 Å². The molecule has 0 atom stereocenters. The average Bonchev–Trinajstić information content (AvgIpc) is 2.30. The van der Waals surface area contributed by atoms with Crippen LogP contribution in [0.4, 0.5) is 5.69 Å². The Balaban J connectivity index is 2.14. The molecule has 0 aliphatic carbocycles. The SMILES string of the molecule is COCCCOCCOc1ccc(N)cc1C. The summed E-state index contributed by atoms with van der Waals surface area (Å²) in [7, 11) is 1.69. The van der Waals surface area contributed by atoms with E-state index in [0.717, 1.165) is 30.0 Å². The standard InChI is InChI=1S/C13H21NO3/c1-11-10-12(14)4-5-13(11)17-9-8-16-7-3-6-15-2/h4-5,10H,3,6-9,14H2,1-2H3. The quantitative estimate of drug-likeness (QED) is 0.557. The van der Waals surface area contributed by atoms with Crippen molar-refractivity contribution in [2.24, 2.45) is 0 Å². The van der Waals surface area contributed by atoms with Gasteiger partial charge in [-0.3, -0.25) is 0 Å². The minimum absolute atomic E-state index is 0.553. The molecule has 0 aromatic heterocycles. The lowest BCUT2D eigenvalue weighted by atomic mass is 10.2. The first-order valence-electron chi connectivity index (χ1n) is 5.79. The molecule has 0 aliphatic heterocycles. The Morgan fingerprint density at radius 2 is 1.94 bits per heavy atom. The van der Waals surface area contributed by atoms with E-state index in [1.807, 2.05) is 25.1 Å². The van der Waals surface area contributed by atoms with Crippen LogP contribution in [0.25, 0.3) is 0 Å². The lowest BCUT2D eigenvalue weighted by Gasteiger charge is -2.10. The molecule has 4 heteroatoms. The topological polar surface area (TPSA) is 53.7 Å². The molecule has 0 spiro atoms. The molecule has 0 saturated heterocycles. The number of anilines is 1. The number of methoxy groups -OCH3 is 1. The van der Waals surface area contributed by atoms with Gasteiger partial charge in [-0.15, -0.1) is 0 Å². The summed E-state index contributed by atoms with van der Waals surface area (Å²) in [5.74, 6) is 0.861. The number of nitrogens with two attached hydrogens (primary N) is 1. The van der Waals surface area contributed by atoms with Crippen molar-refractivity contribution in [3.8, 4) is 5.75 Å². The van der Waals surface area contributed by atoms with Gasteiger partial charge in [0.05, 0.1) is 6.61 Å². The van der Waals surface area contributed by atoms with E-state index in [1.165, 1.54) is 0 Å². The Hall–Kier alpha value is -1.26. The third-order valence-electron chi connectivity index (χ3n) is 2.32. The molecule has 4 nitrogen and oxygen atoms in total. The van der Waals surface area contributed by atoms with Gasteiger partial charge in [0.25, 0.3) is 0 Å². The highest BCUT2D eigenvalue weighted by molar-refractivity contribution is 5.47. The smallest absolute Gasteiger partial charge is 0.122 e. The number of benzene rings is 1. The zero-order valence-electron chi connectivity index (χ0n) is 10.6. The van der Waals surface area contributed by atoms with Gasteiger partial charge in [-0.25, -0.2) is 0 Å². The second kappa shape index (κ2) is 7.92. The van der Waals surface area contributed by atoms with Crippen molar-refractivity contribution in [1.82, 2.24) is 0 Å². The van der Waals surface area contributed by atoms with Crippen LogP contribution in [0.2, 0.25) is 0 Å². The summed E-state index contributed by atoms with van der Waals surface area (Å²) in [5, 5.41) is 0. The van der Waals surface area contributed by atoms with Crippen LogP contribution in [0.3, 0.4) is 0 Å². The Morgan fingerprint density at radius 1 is 1.12 bits per heavy atom. The minimum atomic E-state index is 0.553. The Labute approximate surface area is 103 Å². The lowest BCUT2D eigenvalue weighted by Crippen LogP contribution is -2.09. The van der Waals surface area contributed by atoms with Crippen molar-refractivity contribution >= 4 is 5.69 Å². The van der Waals surface area contributed by atoms with Crippen molar-refractivity contribution in [3.05, 3.63) is 23.8 Å². The zero-order chi connectivity index (χ0) is 12.5. The first kappa shape index (κ1) is 13.8. The van der Waals surface area contributed by atoms with E-state index < -0.39 is 0 Å². The summed E-state index contributed by atoms with van der Waals surface area (Å²) >= 11 is 0. The Bertz CT molecular complexity index is 328. The minimum Gasteiger partial charge on any atom is -0.491 e. The molecule has 0 amide bonds. The number of hydrogen-bond acceptors (Lipinski definition) is 4. The third kappa shape index (κ3) is 5.56. The third-order valence-corrected chi connectivity index (χ3v) is 2.32. The predicted octanol–water partition coefficient (Wildman–Crippen LogP) is 2.01. The molecule has 0 bridgehead atoms. The fourth-order valence-corrected chi connectivity index (χ4v) is 1.45. The highest BCUT2D eigenvalue weighted by Gasteiger charge is 1.99. The van der Waals surface area contributed by atoms with Crippen molar-refractivity contribution in [2.75, 3.05) is 39.3 Å². The number of nitrogen functional groups attached to an aromatic ring is 1. The van der Waals surface area contributed by atoms with Gasteiger partial charge in [0.1, 0.15) is 12.4 Å². The van der Waals surface area contributed by atoms with Crippen molar-refractivity contribution in [3.63, 3.8) is 0 Å². The molecule has 2 N–H and O–H groups in total. The first-order valence-corrected chi connectivity index (χ1v) is 5.79. The monoisotopic (exact) mass is 239 g/mol. The van der Waals surface area contributed by atoms with E-state index in [9.17, 15) is 0 Å². The number of ether oxygens (including phenoxy) is 3. The Kier molecular flexibility index (Phi) is 6.43. The van der Waals surface area contributed by atoms with Crippen molar-refractivity contribution in [2.45, 2.75) is 13.3 Å². The van der Waals surface area contributed by atoms with Gasteiger partial charge in [0.15, 0.2) is 0 Å². The molecule has 0 unspecified atom stereocenters. The number of rotatable bonds is 8. The van der Waals surface area contributed by atoms with E-state index >= 15 is 0 Å². The summed E-state index contributed by atoms with van der Waals surface area (Å²) in [5.41, 5.74) is 7.46. The van der Waals surface area contributed by atoms with E-state index in [0.29, 0.717) is 19.8 Å². The molecule has 17 heavy (non-hydrogen) atoms. The molecule has 0 heterocycles. The molecule has 1 aromatic rings. The van der Waals surface area contributed by atoms with E-state index in [4.69, 9.17) is 19.9 Å². The largest absolute Gasteiger partial charge is 0.491 e. The van der Waals surface area contributed by atoms with Gasteiger partial charge in [-0.2, -0.15) is 0 Å². The van der Waals surface area contributed by atoms with Crippen LogP contribution in [-0.2, 0) is 9.47 Å². The van der Waals surface area contributed by atoms with Gasteiger partial charge < -0.3 is 19.9 Å². The second-order valence-electron chi connectivity index (χ2n) is 3.83. The van der Waals surface area contributed by atoms with Crippen LogP contribution in [-0.4, -0.2) is 33.5 Å². The van der Waals surface area contributed by atoms with Crippen LogP contribution >= 0.6 is 0 Å². The van der Waals surface area contributed by atoms with Crippen molar-refractivity contribution in [1.29, 1.82) is 0 Å². The number of hydrogen-bond donors (Lipinski definition) is 1. The highest BCUT2D eigenvalue weighted by atomic mass is 16.5. The molecule has 1 rings (SSSR count). The van der Waals surface area contributed by atoms with Gasteiger partial charge in [-0.05, 0) is 37.1 Å². The molecule has 0 fully saturated rings. The molecule has 0 aliphatic rings. The van der Waals surface area contributed by atoms with Crippen LogP contribution < -0.4 is 10.5 Å². The maximum absolute atomic E-state index is 5.66. The summed E-state index contributed by atoms with van der Waals surface area (Å²) in [4.78, 5) is 0. The molecule has 1 aromatic carbocycles. The molecular formula is C13H21NO3. The van der Waals surface area contributed by atoms with E-state index in [-0.39, 0.29) is 0 Å². The fraction of sp³-hybridized carbons (Fsp3) is 0.538. The second-order valence-corrected chi connectivity index (χ2v) is 3.83. The zero-order valence-corrected chi connectivity index (χ0v) is 10.6. The molecule has 0 radical (unpaired) electrons. The molecular weight excluding hydrogens is 218 g/mol. The number of aryl methyl sites for hydroxylation is 1. The van der Waals surface area contributed by atoms with Crippen LogP contribution in [0, 0.1) is 6.92 Å². The summed E-state index contributed by atoms with van der Waals surface area (Å²) in [6, 6.07) is 5.62. The maximum atomic E-state index is 5.66. The van der Waals surface area contributed by atoms with Crippen LogP contribution in [0.1, 0.15) is 12.0 Å². The fourth-order valence-electron chi connectivity index (χ4n) is 1.45. The maximum Gasteiger partial charge on any atom is 0.122 e. The van der Waals surface area contributed by atoms with Gasteiger partial charge in [-0.1, -0.05) is 0 Å². The summed E-state index contributed by atoms with van der Waals surface area (Å²) < 4.78 is 15.9. The van der Waals surface area contributed by atoms with Crippen molar-refractivity contribution < 1.29 is 14.2 Å². The Morgan fingerprint density at radius 3 is 2.65 bits per heavy atom. The van der Waals surface area contributed by atoms with E-state index in [1.54, 1.807) is 7.11 Å². The van der Waals surface area contributed by atoms with Crippen LogP contribution in [0.5, 0.6) is 5.75 Å². The normalized spacial score (nSPS) is 10.5. The van der Waals surface area contributed by atoms with Gasteiger partial charge in [0, 0.05) is 26.0 Å². The average molecular weight is 239 g/mol. The predicted molar refractivity (Wildman–Crippen MR) is 68.4 cm³/mol. The van der Waals surface area contributed by atoms with Gasteiger partial charge in [0.2, 0.25) is 0 Å². The van der Waals surface area contributed by atoms with E-state index in [2.05, 4.69) is 0 Å². The molecule has 0 saturated carbocycles. The summed E-state index contributed by atoms with van der Waals surface area (Å²) in [6.45, 7) is 4.56. The van der Waals surface area contributed by atoms with Gasteiger partial charge >= 0.3 is 0 Å². The highest BCUT2D eigenvalue weighted by Crippen LogP contribution is 2.19. The summed E-state index contributed by atoms with van der Waals surface area (Å²) in [6.07, 6.45) is 0.914. The molecule has 96 valence electrons. The lowest BCUT2D eigenvalue weighted by molar-refractivity contribution is 0.0805. The first-order chi connectivity index (χ1) is 8.24.